The van der Waals surface area contributed by atoms with Crippen LogP contribution in [0.2, 0.25) is 0 Å². The van der Waals surface area contributed by atoms with E-state index in [1.165, 1.54) is 19.2 Å². The maximum Gasteiger partial charge on any atom is 0.355 e. The molecule has 20 heavy (non-hydrogen) atoms. The standard InChI is InChI=1S/C11H16N2O5S2/c1-6(8-13-7(5-19-8)9(14)15)12-10(16)11(2,3)20(4,17)18/h5-6H,1-4H3,(H,12,16)(H,14,15). The molecule has 1 aromatic rings. The van der Waals surface area contributed by atoms with Crippen LogP contribution >= 0.6 is 11.3 Å². The highest BCUT2D eigenvalue weighted by atomic mass is 32.2. The molecule has 0 spiro atoms. The first-order chi connectivity index (χ1) is 8.96. The van der Waals surface area contributed by atoms with Crippen LogP contribution in [0.15, 0.2) is 5.38 Å². The Morgan fingerprint density at radius 3 is 2.40 bits per heavy atom. The van der Waals surface area contributed by atoms with Crippen molar-refractivity contribution in [2.75, 3.05) is 6.26 Å². The summed E-state index contributed by atoms with van der Waals surface area (Å²) in [7, 11) is -3.56. The highest BCUT2D eigenvalue weighted by molar-refractivity contribution is 7.92. The minimum atomic E-state index is -3.56. The molecule has 1 heterocycles. The van der Waals surface area contributed by atoms with Gasteiger partial charge in [-0.05, 0) is 20.8 Å². The van der Waals surface area contributed by atoms with Crippen molar-refractivity contribution in [1.82, 2.24) is 10.3 Å². The van der Waals surface area contributed by atoms with Gasteiger partial charge in [-0.3, -0.25) is 4.79 Å². The van der Waals surface area contributed by atoms with Crippen LogP contribution in [-0.2, 0) is 14.6 Å². The molecule has 0 radical (unpaired) electrons. The van der Waals surface area contributed by atoms with Gasteiger partial charge >= 0.3 is 5.97 Å². The lowest BCUT2D eigenvalue weighted by Gasteiger charge is -2.23. The number of carbonyl (C=O) groups is 2. The summed E-state index contributed by atoms with van der Waals surface area (Å²) >= 11 is 1.09. The van der Waals surface area contributed by atoms with E-state index in [1.807, 2.05) is 0 Å². The van der Waals surface area contributed by atoms with Gasteiger partial charge in [-0.25, -0.2) is 18.2 Å². The molecule has 0 saturated carbocycles. The van der Waals surface area contributed by atoms with Crippen LogP contribution in [0.1, 0.15) is 42.3 Å². The number of amides is 1. The monoisotopic (exact) mass is 320 g/mol. The van der Waals surface area contributed by atoms with Crippen LogP contribution in [0, 0.1) is 0 Å². The third-order valence-electron chi connectivity index (χ3n) is 2.93. The largest absolute Gasteiger partial charge is 0.476 e. The van der Waals surface area contributed by atoms with E-state index in [0.29, 0.717) is 5.01 Å². The molecule has 1 amide bonds. The maximum absolute atomic E-state index is 12.0. The molecule has 1 rings (SSSR count). The Bertz CT molecular complexity index is 633. The highest BCUT2D eigenvalue weighted by Gasteiger charge is 2.39. The predicted octanol–water partition coefficient (Wildman–Crippen LogP) is 0.842. The van der Waals surface area contributed by atoms with Gasteiger partial charge in [0.25, 0.3) is 0 Å². The minimum Gasteiger partial charge on any atom is -0.476 e. The molecule has 7 nitrogen and oxygen atoms in total. The van der Waals surface area contributed by atoms with Crippen LogP contribution < -0.4 is 5.32 Å². The third-order valence-corrected chi connectivity index (χ3v) is 6.00. The minimum absolute atomic E-state index is 0.103. The zero-order chi connectivity index (χ0) is 15.7. The second kappa shape index (κ2) is 5.49. The van der Waals surface area contributed by atoms with Crippen molar-refractivity contribution >= 4 is 33.1 Å². The number of carboxylic acids is 1. The molecule has 1 unspecified atom stereocenters. The average Bonchev–Trinajstić information content (AvgIpc) is 2.76. The Balaban J connectivity index is 2.88. The lowest BCUT2D eigenvalue weighted by atomic mass is 10.2. The summed E-state index contributed by atoms with van der Waals surface area (Å²) in [4.78, 5) is 26.6. The molecule has 0 aliphatic rings. The van der Waals surface area contributed by atoms with E-state index >= 15 is 0 Å². The van der Waals surface area contributed by atoms with Gasteiger partial charge in [-0.1, -0.05) is 0 Å². The smallest absolute Gasteiger partial charge is 0.355 e. The summed E-state index contributed by atoms with van der Waals surface area (Å²) in [6.45, 7) is 4.24. The quantitative estimate of drug-likeness (QED) is 0.831. The Morgan fingerprint density at radius 1 is 1.45 bits per heavy atom. The van der Waals surface area contributed by atoms with Crippen molar-refractivity contribution in [2.45, 2.75) is 31.6 Å². The molecule has 0 aliphatic carbocycles. The van der Waals surface area contributed by atoms with E-state index in [-0.39, 0.29) is 5.69 Å². The van der Waals surface area contributed by atoms with Crippen molar-refractivity contribution in [3.8, 4) is 0 Å². The Morgan fingerprint density at radius 2 is 2.00 bits per heavy atom. The molecular formula is C11H16N2O5S2. The first-order valence-electron chi connectivity index (χ1n) is 5.66. The van der Waals surface area contributed by atoms with E-state index in [2.05, 4.69) is 10.3 Å². The van der Waals surface area contributed by atoms with E-state index in [0.717, 1.165) is 17.6 Å². The molecule has 2 N–H and O–H groups in total. The van der Waals surface area contributed by atoms with Gasteiger partial charge in [0.2, 0.25) is 5.91 Å². The Kier molecular flexibility index (Phi) is 4.55. The molecular weight excluding hydrogens is 304 g/mol. The van der Waals surface area contributed by atoms with E-state index < -0.39 is 32.5 Å². The van der Waals surface area contributed by atoms with E-state index in [4.69, 9.17) is 5.11 Å². The second-order valence-corrected chi connectivity index (χ2v) is 8.31. The number of hydrogen-bond donors (Lipinski definition) is 2. The number of hydrogen-bond acceptors (Lipinski definition) is 6. The van der Waals surface area contributed by atoms with Crippen molar-refractivity contribution in [3.05, 3.63) is 16.1 Å². The average molecular weight is 320 g/mol. The van der Waals surface area contributed by atoms with Crippen LogP contribution in [0.5, 0.6) is 0 Å². The highest BCUT2D eigenvalue weighted by Crippen LogP contribution is 2.21. The molecule has 0 aliphatic heterocycles. The molecule has 0 fully saturated rings. The number of thiazole rings is 1. The fourth-order valence-corrected chi connectivity index (χ4v) is 2.38. The van der Waals surface area contributed by atoms with Crippen molar-refractivity contribution in [3.63, 3.8) is 0 Å². The van der Waals surface area contributed by atoms with Gasteiger partial charge in [0, 0.05) is 11.6 Å². The summed E-state index contributed by atoms with van der Waals surface area (Å²) in [5.41, 5.74) is -0.103. The summed E-state index contributed by atoms with van der Waals surface area (Å²) in [6, 6.07) is -0.568. The molecule has 0 aromatic carbocycles. The van der Waals surface area contributed by atoms with Gasteiger partial charge in [-0.2, -0.15) is 0 Å². The fourth-order valence-electron chi connectivity index (χ4n) is 1.19. The van der Waals surface area contributed by atoms with E-state index in [9.17, 15) is 18.0 Å². The number of nitrogens with one attached hydrogen (secondary N) is 1. The summed E-state index contributed by atoms with van der Waals surface area (Å²) in [6.07, 6.45) is 0.989. The topological polar surface area (TPSA) is 113 Å². The van der Waals surface area contributed by atoms with E-state index in [1.54, 1.807) is 6.92 Å². The number of aromatic nitrogens is 1. The maximum atomic E-state index is 12.0. The van der Waals surface area contributed by atoms with Crippen molar-refractivity contribution in [2.24, 2.45) is 0 Å². The first-order valence-corrected chi connectivity index (χ1v) is 8.43. The summed E-state index contributed by atoms with van der Waals surface area (Å²) in [5.74, 6) is -1.80. The van der Waals surface area contributed by atoms with Crippen LogP contribution in [0.4, 0.5) is 0 Å². The predicted molar refractivity (Wildman–Crippen MR) is 74.6 cm³/mol. The molecule has 1 atom stereocenters. The lowest BCUT2D eigenvalue weighted by Crippen LogP contribution is -2.48. The van der Waals surface area contributed by atoms with Gasteiger partial charge in [0.05, 0.1) is 6.04 Å². The van der Waals surface area contributed by atoms with Gasteiger partial charge < -0.3 is 10.4 Å². The van der Waals surface area contributed by atoms with Crippen LogP contribution in [0.25, 0.3) is 0 Å². The normalized spacial score (nSPS) is 13.8. The Labute approximate surface area is 121 Å². The molecule has 0 saturated heterocycles. The zero-order valence-corrected chi connectivity index (χ0v) is 13.1. The summed E-state index contributed by atoms with van der Waals surface area (Å²) < 4.78 is 21.5. The fraction of sp³-hybridized carbons (Fsp3) is 0.545. The van der Waals surface area contributed by atoms with Gasteiger partial charge in [-0.15, -0.1) is 11.3 Å². The van der Waals surface area contributed by atoms with Crippen molar-refractivity contribution < 1.29 is 23.1 Å². The molecule has 1 aromatic heterocycles. The van der Waals surface area contributed by atoms with Crippen molar-refractivity contribution in [1.29, 1.82) is 0 Å². The zero-order valence-electron chi connectivity index (χ0n) is 11.5. The third kappa shape index (κ3) is 3.34. The molecule has 0 bridgehead atoms. The number of aromatic carboxylic acids is 1. The number of rotatable bonds is 5. The SMILES string of the molecule is CC(NC(=O)C(C)(C)S(C)(=O)=O)c1nc(C(=O)O)cs1. The second-order valence-electron chi connectivity index (χ2n) is 4.85. The van der Waals surface area contributed by atoms with Gasteiger partial charge in [0.15, 0.2) is 15.5 Å². The first kappa shape index (κ1) is 16.6. The number of carboxylic acid groups (broad SMARTS) is 1. The van der Waals surface area contributed by atoms with Gasteiger partial charge in [0.1, 0.15) is 9.75 Å². The summed E-state index contributed by atoms with van der Waals surface area (Å²) in [5, 5.41) is 13.1. The molecule has 112 valence electrons. The Hall–Kier alpha value is -1.48. The number of sulfone groups is 1. The lowest BCUT2D eigenvalue weighted by molar-refractivity contribution is -0.123. The van der Waals surface area contributed by atoms with Crippen LogP contribution in [0.3, 0.4) is 0 Å². The number of nitrogens with zero attached hydrogens (tertiary/aromatic N) is 1. The van der Waals surface area contributed by atoms with Crippen LogP contribution in [-0.4, -0.2) is 41.4 Å². The molecule has 9 heteroatoms. The number of carbonyl (C=O) groups excluding carboxylic acids is 1.